The van der Waals surface area contributed by atoms with Crippen LogP contribution in [0, 0.1) is 12.8 Å². The average molecular weight is 315 g/mol. The third kappa shape index (κ3) is 3.87. The maximum Gasteiger partial charge on any atom is 0.238 e. The van der Waals surface area contributed by atoms with E-state index in [0.29, 0.717) is 22.3 Å². The number of amides is 1. The van der Waals surface area contributed by atoms with E-state index in [1.165, 1.54) is 0 Å². The zero-order valence-electron chi connectivity index (χ0n) is 11.9. The van der Waals surface area contributed by atoms with Gasteiger partial charge in [-0.3, -0.25) is 9.69 Å². The summed E-state index contributed by atoms with van der Waals surface area (Å²) in [5, 5.41) is 3.82. The summed E-state index contributed by atoms with van der Waals surface area (Å²) in [7, 11) is 0. The molecule has 0 atom stereocenters. The van der Waals surface area contributed by atoms with Crippen LogP contribution in [0.2, 0.25) is 10.0 Å². The zero-order valence-corrected chi connectivity index (χ0v) is 13.4. The Hall–Kier alpha value is -0.770. The number of hydrogen-bond donors (Lipinski definition) is 1. The van der Waals surface area contributed by atoms with Crippen molar-refractivity contribution in [2.75, 3.05) is 25.0 Å². The number of nitrogens with one attached hydrogen (secondary N) is 1. The van der Waals surface area contributed by atoms with Crippen molar-refractivity contribution in [1.82, 2.24) is 4.90 Å². The third-order valence-corrected chi connectivity index (χ3v) is 4.59. The molecule has 1 aromatic rings. The number of halogens is 2. The van der Waals surface area contributed by atoms with Gasteiger partial charge in [0, 0.05) is 0 Å². The van der Waals surface area contributed by atoms with Crippen LogP contribution in [-0.2, 0) is 4.79 Å². The molecular formula is C15H20Cl2N2O. The van der Waals surface area contributed by atoms with Crippen LogP contribution in [0.4, 0.5) is 5.69 Å². The first kappa shape index (κ1) is 15.6. The molecule has 20 heavy (non-hydrogen) atoms. The summed E-state index contributed by atoms with van der Waals surface area (Å²) in [4.78, 5) is 14.3. The van der Waals surface area contributed by atoms with Crippen LogP contribution in [0.5, 0.6) is 0 Å². The molecule has 2 rings (SSSR count). The number of piperidine rings is 1. The summed E-state index contributed by atoms with van der Waals surface area (Å²) in [6, 6.07) is 3.59. The molecular weight excluding hydrogens is 295 g/mol. The summed E-state index contributed by atoms with van der Waals surface area (Å²) >= 11 is 12.3. The second-order valence-electron chi connectivity index (χ2n) is 5.56. The molecule has 0 unspecified atom stereocenters. The van der Waals surface area contributed by atoms with Crippen molar-refractivity contribution in [2.24, 2.45) is 5.92 Å². The van der Waals surface area contributed by atoms with Gasteiger partial charge in [-0.2, -0.15) is 0 Å². The molecule has 1 saturated heterocycles. The Balaban J connectivity index is 1.97. The largest absolute Gasteiger partial charge is 0.322 e. The number of carbonyl (C=O) groups is 1. The first-order valence-electron chi connectivity index (χ1n) is 6.94. The number of benzene rings is 1. The van der Waals surface area contributed by atoms with E-state index in [0.717, 1.165) is 37.4 Å². The van der Waals surface area contributed by atoms with Gasteiger partial charge in [0.1, 0.15) is 0 Å². The van der Waals surface area contributed by atoms with E-state index < -0.39 is 0 Å². The lowest BCUT2D eigenvalue weighted by Crippen LogP contribution is -2.38. The topological polar surface area (TPSA) is 32.3 Å². The number of aryl methyl sites for hydroxylation is 1. The highest BCUT2D eigenvalue weighted by Gasteiger charge is 2.19. The predicted octanol–water partition coefficient (Wildman–Crippen LogP) is 3.97. The molecule has 5 heteroatoms. The molecule has 1 amide bonds. The molecule has 1 aliphatic rings. The fourth-order valence-electron chi connectivity index (χ4n) is 2.37. The zero-order chi connectivity index (χ0) is 14.7. The normalized spacial score (nSPS) is 17.2. The van der Waals surface area contributed by atoms with Gasteiger partial charge in [-0.05, 0) is 50.4 Å². The lowest BCUT2D eigenvalue weighted by molar-refractivity contribution is -0.117. The minimum absolute atomic E-state index is 0.0612. The number of anilines is 1. The molecule has 0 aliphatic carbocycles. The quantitative estimate of drug-likeness (QED) is 0.915. The lowest BCUT2D eigenvalue weighted by atomic mass is 9.99. The highest BCUT2D eigenvalue weighted by atomic mass is 35.5. The fourth-order valence-corrected chi connectivity index (χ4v) is 2.84. The molecule has 0 aromatic heterocycles. The molecule has 0 spiro atoms. The molecule has 110 valence electrons. The van der Waals surface area contributed by atoms with E-state index in [9.17, 15) is 4.79 Å². The summed E-state index contributed by atoms with van der Waals surface area (Å²) in [5.41, 5.74) is 1.42. The number of rotatable bonds is 3. The van der Waals surface area contributed by atoms with Gasteiger partial charge in [-0.15, -0.1) is 0 Å². The van der Waals surface area contributed by atoms with Crippen LogP contribution in [0.3, 0.4) is 0 Å². The van der Waals surface area contributed by atoms with E-state index in [1.54, 1.807) is 6.07 Å². The predicted molar refractivity (Wildman–Crippen MR) is 84.7 cm³/mol. The van der Waals surface area contributed by atoms with Gasteiger partial charge in [0.2, 0.25) is 5.91 Å². The van der Waals surface area contributed by atoms with Crippen molar-refractivity contribution >= 4 is 34.8 Å². The van der Waals surface area contributed by atoms with Gasteiger partial charge in [-0.25, -0.2) is 0 Å². The summed E-state index contributed by atoms with van der Waals surface area (Å²) in [6.07, 6.45) is 2.30. The summed E-state index contributed by atoms with van der Waals surface area (Å²) < 4.78 is 0. The minimum Gasteiger partial charge on any atom is -0.322 e. The Bertz CT molecular complexity index is 497. The third-order valence-electron chi connectivity index (χ3n) is 3.79. The molecule has 1 N–H and O–H groups in total. The first-order chi connectivity index (χ1) is 9.47. The van der Waals surface area contributed by atoms with E-state index in [4.69, 9.17) is 23.2 Å². The van der Waals surface area contributed by atoms with Crippen molar-refractivity contribution in [3.8, 4) is 0 Å². The number of hydrogen-bond acceptors (Lipinski definition) is 2. The van der Waals surface area contributed by atoms with Crippen LogP contribution in [0.1, 0.15) is 25.3 Å². The van der Waals surface area contributed by atoms with E-state index in [2.05, 4.69) is 17.1 Å². The van der Waals surface area contributed by atoms with Gasteiger partial charge in [0.15, 0.2) is 0 Å². The lowest BCUT2D eigenvalue weighted by Gasteiger charge is -2.29. The monoisotopic (exact) mass is 314 g/mol. The smallest absolute Gasteiger partial charge is 0.238 e. The Morgan fingerprint density at radius 2 is 2.00 bits per heavy atom. The van der Waals surface area contributed by atoms with Crippen molar-refractivity contribution < 1.29 is 4.79 Å². The highest BCUT2D eigenvalue weighted by molar-refractivity contribution is 6.40. The van der Waals surface area contributed by atoms with Gasteiger partial charge in [0.25, 0.3) is 0 Å². The Labute approximate surface area is 130 Å². The Morgan fingerprint density at radius 3 is 2.65 bits per heavy atom. The van der Waals surface area contributed by atoms with Crippen LogP contribution in [0.25, 0.3) is 0 Å². The van der Waals surface area contributed by atoms with E-state index in [-0.39, 0.29) is 5.91 Å². The molecule has 0 saturated carbocycles. The molecule has 0 radical (unpaired) electrons. The summed E-state index contributed by atoms with van der Waals surface area (Å²) in [5.74, 6) is 0.698. The molecule has 0 bridgehead atoms. The second-order valence-corrected chi connectivity index (χ2v) is 6.35. The molecule has 1 aliphatic heterocycles. The summed E-state index contributed by atoms with van der Waals surface area (Å²) in [6.45, 7) is 6.49. The molecule has 1 aromatic carbocycles. The van der Waals surface area contributed by atoms with E-state index in [1.807, 2.05) is 13.0 Å². The Morgan fingerprint density at radius 1 is 1.35 bits per heavy atom. The second kappa shape index (κ2) is 6.79. The molecule has 1 fully saturated rings. The number of likely N-dealkylation sites (tertiary alicyclic amines) is 1. The first-order valence-corrected chi connectivity index (χ1v) is 7.69. The molecule has 3 nitrogen and oxygen atoms in total. The maximum atomic E-state index is 12.1. The highest BCUT2D eigenvalue weighted by Crippen LogP contribution is 2.32. The van der Waals surface area contributed by atoms with Crippen molar-refractivity contribution in [3.63, 3.8) is 0 Å². The van der Waals surface area contributed by atoms with Crippen molar-refractivity contribution in [2.45, 2.75) is 26.7 Å². The van der Waals surface area contributed by atoms with Crippen LogP contribution < -0.4 is 5.32 Å². The van der Waals surface area contributed by atoms with Gasteiger partial charge in [0.05, 0.1) is 22.3 Å². The number of nitrogens with zero attached hydrogens (tertiary/aromatic N) is 1. The van der Waals surface area contributed by atoms with Crippen molar-refractivity contribution in [3.05, 3.63) is 27.7 Å². The Kier molecular flexibility index (Phi) is 5.30. The maximum absolute atomic E-state index is 12.1. The van der Waals surface area contributed by atoms with Crippen molar-refractivity contribution in [1.29, 1.82) is 0 Å². The minimum atomic E-state index is -0.0612. The molecule has 1 heterocycles. The van der Waals surface area contributed by atoms with Crippen LogP contribution in [-0.4, -0.2) is 30.4 Å². The van der Waals surface area contributed by atoms with E-state index >= 15 is 0 Å². The fraction of sp³-hybridized carbons (Fsp3) is 0.533. The average Bonchev–Trinajstić information content (AvgIpc) is 2.42. The van der Waals surface area contributed by atoms with Crippen LogP contribution >= 0.6 is 23.2 Å². The number of carbonyl (C=O) groups excluding carboxylic acids is 1. The van der Waals surface area contributed by atoms with Gasteiger partial charge < -0.3 is 5.32 Å². The van der Waals surface area contributed by atoms with Crippen LogP contribution in [0.15, 0.2) is 12.1 Å². The van der Waals surface area contributed by atoms with Gasteiger partial charge in [-0.1, -0.05) is 36.2 Å². The standard InChI is InChI=1S/C15H20Cl2N2O/c1-10-5-7-19(8-6-10)9-13(20)18-15-12(16)4-3-11(2)14(15)17/h3-4,10H,5-9H2,1-2H3,(H,18,20). The SMILES string of the molecule is Cc1ccc(Cl)c(NC(=O)CN2CCC(C)CC2)c1Cl. The van der Waals surface area contributed by atoms with Gasteiger partial charge >= 0.3 is 0 Å².